The number of halogens is 1. The molecule has 0 aliphatic heterocycles. The van der Waals surface area contributed by atoms with Crippen LogP contribution in [0.3, 0.4) is 0 Å². The molecule has 1 atom stereocenters. The second-order valence-corrected chi connectivity index (χ2v) is 4.80. The lowest BCUT2D eigenvalue weighted by atomic mass is 9.95. The Hall–Kier alpha value is -1.60. The van der Waals surface area contributed by atoms with Crippen LogP contribution in [0.2, 0.25) is 0 Å². The molecule has 1 aromatic rings. The van der Waals surface area contributed by atoms with Gasteiger partial charge < -0.3 is 10.4 Å². The Labute approximate surface area is 101 Å². The van der Waals surface area contributed by atoms with Crippen molar-refractivity contribution in [2.75, 3.05) is 6.54 Å². The number of rotatable bonds is 4. The van der Waals surface area contributed by atoms with Crippen molar-refractivity contribution >= 4 is 0 Å². The van der Waals surface area contributed by atoms with Gasteiger partial charge in [0.05, 0.1) is 11.5 Å². The van der Waals surface area contributed by atoms with Crippen LogP contribution < -0.4 is 5.32 Å². The quantitative estimate of drug-likeness (QED) is 0.845. The summed E-state index contributed by atoms with van der Waals surface area (Å²) in [5.74, 6) is -0.532. The summed E-state index contributed by atoms with van der Waals surface area (Å²) in [4.78, 5) is 0. The van der Waals surface area contributed by atoms with Gasteiger partial charge in [-0.1, -0.05) is 6.07 Å². The molecule has 3 nitrogen and oxygen atoms in total. The third kappa shape index (κ3) is 3.72. The Kier molecular flexibility index (Phi) is 4.08. The molecule has 0 saturated heterocycles. The van der Waals surface area contributed by atoms with E-state index in [-0.39, 0.29) is 11.8 Å². The van der Waals surface area contributed by atoms with Gasteiger partial charge in [0.25, 0.3) is 0 Å². The zero-order chi connectivity index (χ0) is 13.1. The molecular weight excluding hydrogens is 219 g/mol. The van der Waals surface area contributed by atoms with Gasteiger partial charge in [-0.25, -0.2) is 4.39 Å². The predicted octanol–water partition coefficient (Wildman–Crippen LogP) is 2.73. The van der Waals surface area contributed by atoms with E-state index in [2.05, 4.69) is 11.4 Å². The molecule has 0 bridgehead atoms. The maximum atomic E-state index is 12.8. The summed E-state index contributed by atoms with van der Waals surface area (Å²) in [6.45, 7) is 6.02. The number of nitrogens with zero attached hydrogens (tertiary/aromatic N) is 1. The van der Waals surface area contributed by atoms with E-state index in [1.54, 1.807) is 6.07 Å². The first kappa shape index (κ1) is 13.5. The summed E-state index contributed by atoms with van der Waals surface area (Å²) >= 11 is 0. The Balaban J connectivity index is 2.71. The highest BCUT2D eigenvalue weighted by atomic mass is 19.1. The highest BCUT2D eigenvalue weighted by molar-refractivity contribution is 5.34. The van der Waals surface area contributed by atoms with E-state index >= 15 is 0 Å². The Morgan fingerprint density at radius 1 is 1.53 bits per heavy atom. The van der Waals surface area contributed by atoms with Gasteiger partial charge in [-0.15, -0.1) is 0 Å². The summed E-state index contributed by atoms with van der Waals surface area (Å²) < 4.78 is 12.8. The van der Waals surface area contributed by atoms with Gasteiger partial charge >= 0.3 is 0 Å². The van der Waals surface area contributed by atoms with E-state index in [0.29, 0.717) is 12.1 Å². The average Bonchev–Trinajstić information content (AvgIpc) is 2.26. The maximum absolute atomic E-state index is 12.8. The molecule has 0 fully saturated rings. The molecule has 0 amide bonds. The topological polar surface area (TPSA) is 56.0 Å². The lowest BCUT2D eigenvalue weighted by Gasteiger charge is -2.21. The van der Waals surface area contributed by atoms with Gasteiger partial charge in [-0.2, -0.15) is 5.26 Å². The van der Waals surface area contributed by atoms with Gasteiger partial charge in [-0.05, 0) is 26.8 Å². The lowest BCUT2D eigenvalue weighted by molar-refractivity contribution is 0.401. The molecule has 0 radical (unpaired) electrons. The monoisotopic (exact) mass is 236 g/mol. The summed E-state index contributed by atoms with van der Waals surface area (Å²) in [6, 6.07) is 5.99. The molecule has 0 aliphatic carbocycles. The van der Waals surface area contributed by atoms with Gasteiger partial charge in [0, 0.05) is 24.2 Å². The molecule has 0 spiro atoms. The largest absolute Gasteiger partial charge is 0.508 e. The second kappa shape index (κ2) is 5.15. The third-order valence-corrected chi connectivity index (χ3v) is 2.61. The lowest BCUT2D eigenvalue weighted by Crippen LogP contribution is -2.30. The van der Waals surface area contributed by atoms with Crippen LogP contribution in [0.15, 0.2) is 18.2 Å². The molecule has 1 rings (SSSR count). The number of nitriles is 1. The molecule has 92 valence electrons. The van der Waals surface area contributed by atoms with Crippen LogP contribution in [0.5, 0.6) is 5.75 Å². The molecule has 1 aromatic carbocycles. The smallest absolute Gasteiger partial charge is 0.126 e. The summed E-state index contributed by atoms with van der Waals surface area (Å²) in [5, 5.41) is 21.6. The number of nitrogens with one attached hydrogen (secondary N) is 1. The van der Waals surface area contributed by atoms with Crippen LogP contribution in [-0.4, -0.2) is 11.7 Å². The molecule has 0 aliphatic rings. The maximum Gasteiger partial charge on any atom is 0.126 e. The van der Waals surface area contributed by atoms with Crippen molar-refractivity contribution in [2.45, 2.75) is 26.8 Å². The Bertz CT molecular complexity index is 438. The number of aromatic hydroxyl groups is 1. The highest BCUT2D eigenvalue weighted by Crippen LogP contribution is 2.25. The molecule has 4 heteroatoms. The first-order valence-corrected chi connectivity index (χ1v) is 5.49. The summed E-state index contributed by atoms with van der Waals surface area (Å²) in [5.41, 5.74) is 0.157. The van der Waals surface area contributed by atoms with E-state index in [1.807, 2.05) is 20.8 Å². The zero-order valence-electron chi connectivity index (χ0n) is 10.3. The molecule has 1 unspecified atom stereocenters. The van der Waals surface area contributed by atoms with Gasteiger partial charge in [0.15, 0.2) is 0 Å². The fraction of sp³-hybridized carbons (Fsp3) is 0.462. The van der Waals surface area contributed by atoms with Crippen molar-refractivity contribution in [1.29, 1.82) is 5.26 Å². The van der Waals surface area contributed by atoms with Crippen LogP contribution in [0.25, 0.3) is 0 Å². The summed E-state index contributed by atoms with van der Waals surface area (Å²) in [6.07, 6.45) is 0. The molecule has 0 aromatic heterocycles. The van der Waals surface area contributed by atoms with Crippen molar-refractivity contribution in [3.63, 3.8) is 0 Å². The van der Waals surface area contributed by atoms with Crippen molar-refractivity contribution in [3.8, 4) is 11.8 Å². The second-order valence-electron chi connectivity index (χ2n) is 4.80. The predicted molar refractivity (Wildman–Crippen MR) is 63.9 cm³/mol. The van der Waals surface area contributed by atoms with Crippen LogP contribution >= 0.6 is 0 Å². The van der Waals surface area contributed by atoms with Gasteiger partial charge in [-0.3, -0.25) is 0 Å². The average molecular weight is 236 g/mol. The molecule has 2 N–H and O–H groups in total. The normalized spacial score (nSPS) is 13.1. The minimum atomic E-state index is -0.468. The fourth-order valence-corrected chi connectivity index (χ4v) is 1.44. The van der Waals surface area contributed by atoms with Crippen molar-refractivity contribution in [3.05, 3.63) is 29.6 Å². The highest BCUT2D eigenvalue weighted by Gasteiger charge is 2.19. The van der Waals surface area contributed by atoms with Crippen molar-refractivity contribution in [1.82, 2.24) is 5.32 Å². The first-order valence-electron chi connectivity index (χ1n) is 5.49. The molecule has 17 heavy (non-hydrogen) atoms. The number of benzene rings is 1. The number of hydrogen-bond donors (Lipinski definition) is 2. The molecule has 0 saturated carbocycles. The first-order chi connectivity index (χ1) is 7.85. The zero-order valence-corrected chi connectivity index (χ0v) is 10.3. The van der Waals surface area contributed by atoms with Gasteiger partial charge in [0.2, 0.25) is 0 Å². The van der Waals surface area contributed by atoms with Crippen LogP contribution in [-0.2, 0) is 0 Å². The third-order valence-electron chi connectivity index (χ3n) is 2.61. The molecule has 0 heterocycles. The Morgan fingerprint density at radius 3 is 2.71 bits per heavy atom. The molecular formula is C13H17FN2O. The van der Waals surface area contributed by atoms with Crippen LogP contribution in [0.4, 0.5) is 4.39 Å². The number of phenols is 1. The fourth-order valence-electron chi connectivity index (χ4n) is 1.44. The van der Waals surface area contributed by atoms with E-state index in [9.17, 15) is 9.50 Å². The standard InChI is InChI=1S/C13H17FN2O/c1-9(16-8-13(2,3)7-15)11-5-4-10(14)6-12(11)17/h4-6,9,16-17H,8H2,1-3H3. The van der Waals surface area contributed by atoms with Crippen molar-refractivity contribution < 1.29 is 9.50 Å². The van der Waals surface area contributed by atoms with E-state index in [4.69, 9.17) is 5.26 Å². The SMILES string of the molecule is CC(NCC(C)(C)C#N)c1ccc(F)cc1O. The number of hydrogen-bond acceptors (Lipinski definition) is 3. The Morgan fingerprint density at radius 2 is 2.18 bits per heavy atom. The van der Waals surface area contributed by atoms with Crippen molar-refractivity contribution in [2.24, 2.45) is 5.41 Å². The minimum absolute atomic E-state index is 0.0697. The van der Waals surface area contributed by atoms with Gasteiger partial charge in [0.1, 0.15) is 11.6 Å². The summed E-state index contributed by atoms with van der Waals surface area (Å²) in [7, 11) is 0. The van der Waals surface area contributed by atoms with E-state index in [0.717, 1.165) is 6.07 Å². The van der Waals surface area contributed by atoms with Crippen LogP contribution in [0.1, 0.15) is 32.4 Å². The van der Waals surface area contributed by atoms with E-state index in [1.165, 1.54) is 6.07 Å². The van der Waals surface area contributed by atoms with E-state index < -0.39 is 11.2 Å². The minimum Gasteiger partial charge on any atom is -0.508 e. The number of phenolic OH excluding ortho intramolecular Hbond substituents is 1. The van der Waals surface area contributed by atoms with Crippen LogP contribution in [0, 0.1) is 22.6 Å².